The molecule has 1 aromatic carbocycles. The SMILES string of the molecule is COC(=O)CSCc1ccccc1I. The first kappa shape index (κ1) is 11.8. The second kappa shape index (κ2) is 6.29. The third-order valence-corrected chi connectivity index (χ3v) is 3.67. The third kappa shape index (κ3) is 3.88. The molecule has 4 heteroatoms. The monoisotopic (exact) mass is 322 g/mol. The van der Waals surface area contributed by atoms with Gasteiger partial charge in [0.05, 0.1) is 12.9 Å². The number of benzene rings is 1. The van der Waals surface area contributed by atoms with Crippen LogP contribution < -0.4 is 0 Å². The highest BCUT2D eigenvalue weighted by molar-refractivity contribution is 14.1. The van der Waals surface area contributed by atoms with E-state index < -0.39 is 0 Å². The van der Waals surface area contributed by atoms with E-state index in [4.69, 9.17) is 0 Å². The molecule has 0 amide bonds. The smallest absolute Gasteiger partial charge is 0.315 e. The van der Waals surface area contributed by atoms with Gasteiger partial charge in [0.2, 0.25) is 0 Å². The minimum Gasteiger partial charge on any atom is -0.468 e. The molecule has 0 saturated carbocycles. The van der Waals surface area contributed by atoms with Gasteiger partial charge >= 0.3 is 5.97 Å². The van der Waals surface area contributed by atoms with E-state index >= 15 is 0 Å². The lowest BCUT2D eigenvalue weighted by atomic mass is 10.2. The van der Waals surface area contributed by atoms with Crippen LogP contribution >= 0.6 is 34.4 Å². The van der Waals surface area contributed by atoms with E-state index in [9.17, 15) is 4.79 Å². The number of ether oxygens (including phenoxy) is 1. The molecule has 0 aliphatic rings. The van der Waals surface area contributed by atoms with Gasteiger partial charge in [0.15, 0.2) is 0 Å². The van der Waals surface area contributed by atoms with E-state index in [2.05, 4.69) is 39.5 Å². The van der Waals surface area contributed by atoms with E-state index in [1.54, 1.807) is 11.8 Å². The number of hydrogen-bond donors (Lipinski definition) is 0. The molecular weight excluding hydrogens is 311 g/mol. The molecule has 0 fully saturated rings. The molecule has 0 bridgehead atoms. The van der Waals surface area contributed by atoms with Gasteiger partial charge in [-0.2, -0.15) is 0 Å². The zero-order valence-electron chi connectivity index (χ0n) is 7.83. The fourth-order valence-corrected chi connectivity index (χ4v) is 2.61. The van der Waals surface area contributed by atoms with Crippen molar-refractivity contribution in [3.8, 4) is 0 Å². The Kier molecular flexibility index (Phi) is 5.32. The van der Waals surface area contributed by atoms with Gasteiger partial charge in [0, 0.05) is 9.32 Å². The molecule has 0 N–H and O–H groups in total. The van der Waals surface area contributed by atoms with Crippen molar-refractivity contribution >= 4 is 40.3 Å². The van der Waals surface area contributed by atoms with Gasteiger partial charge < -0.3 is 4.74 Å². The zero-order valence-corrected chi connectivity index (χ0v) is 10.8. The lowest BCUT2D eigenvalue weighted by Gasteiger charge is -2.03. The summed E-state index contributed by atoms with van der Waals surface area (Å²) in [6.07, 6.45) is 0. The van der Waals surface area contributed by atoms with Gasteiger partial charge in [-0.15, -0.1) is 11.8 Å². The van der Waals surface area contributed by atoms with Gasteiger partial charge in [-0.25, -0.2) is 0 Å². The maximum atomic E-state index is 10.8. The number of thioether (sulfide) groups is 1. The van der Waals surface area contributed by atoms with Crippen molar-refractivity contribution in [1.82, 2.24) is 0 Å². The fourth-order valence-electron chi connectivity index (χ4n) is 0.919. The van der Waals surface area contributed by atoms with Crippen LogP contribution in [-0.2, 0) is 15.3 Å². The van der Waals surface area contributed by atoms with Crippen LogP contribution in [0.15, 0.2) is 24.3 Å². The maximum Gasteiger partial charge on any atom is 0.315 e. The van der Waals surface area contributed by atoms with E-state index in [0.29, 0.717) is 5.75 Å². The Morgan fingerprint density at radius 2 is 2.21 bits per heavy atom. The Morgan fingerprint density at radius 1 is 1.50 bits per heavy atom. The standard InChI is InChI=1S/C10H11IO2S/c1-13-10(12)7-14-6-8-4-2-3-5-9(8)11/h2-5H,6-7H2,1H3. The third-order valence-electron chi connectivity index (χ3n) is 1.66. The normalized spacial score (nSPS) is 9.86. The summed E-state index contributed by atoms with van der Waals surface area (Å²) in [5, 5.41) is 0. The molecule has 0 radical (unpaired) electrons. The highest BCUT2D eigenvalue weighted by atomic mass is 127. The Labute approximate surface area is 102 Å². The first-order valence-corrected chi connectivity index (χ1v) is 6.35. The van der Waals surface area contributed by atoms with Crippen molar-refractivity contribution in [3.63, 3.8) is 0 Å². The van der Waals surface area contributed by atoms with E-state index in [1.807, 2.05) is 12.1 Å². The van der Waals surface area contributed by atoms with E-state index in [1.165, 1.54) is 16.2 Å². The molecule has 1 rings (SSSR count). The molecule has 0 unspecified atom stereocenters. The molecule has 1 aromatic rings. The average molecular weight is 322 g/mol. The number of carbonyl (C=O) groups excluding carboxylic acids is 1. The van der Waals surface area contributed by atoms with Crippen LogP contribution in [0.5, 0.6) is 0 Å². The Morgan fingerprint density at radius 3 is 2.86 bits per heavy atom. The number of carbonyl (C=O) groups is 1. The quantitative estimate of drug-likeness (QED) is 0.630. The number of esters is 1. The van der Waals surface area contributed by atoms with Crippen LogP contribution in [-0.4, -0.2) is 18.8 Å². The van der Waals surface area contributed by atoms with Crippen molar-refractivity contribution < 1.29 is 9.53 Å². The molecule has 0 aromatic heterocycles. The molecule has 0 saturated heterocycles. The minimum atomic E-state index is -0.166. The Bertz CT molecular complexity index is 315. The van der Waals surface area contributed by atoms with Crippen molar-refractivity contribution in [2.75, 3.05) is 12.9 Å². The molecule has 0 heterocycles. The lowest BCUT2D eigenvalue weighted by molar-refractivity contribution is -0.137. The summed E-state index contributed by atoms with van der Waals surface area (Å²) in [6, 6.07) is 8.16. The van der Waals surface area contributed by atoms with Gasteiger partial charge in [0.1, 0.15) is 0 Å². The molecule has 14 heavy (non-hydrogen) atoms. The predicted molar refractivity (Wildman–Crippen MR) is 67.3 cm³/mol. The zero-order chi connectivity index (χ0) is 10.4. The summed E-state index contributed by atoms with van der Waals surface area (Å²) in [5.74, 6) is 1.11. The summed E-state index contributed by atoms with van der Waals surface area (Å²) >= 11 is 3.87. The highest BCUT2D eigenvalue weighted by Gasteiger charge is 2.02. The van der Waals surface area contributed by atoms with Crippen LogP contribution in [0.4, 0.5) is 0 Å². The molecule has 0 aliphatic carbocycles. The number of hydrogen-bond acceptors (Lipinski definition) is 3. The summed E-state index contributed by atoms with van der Waals surface area (Å²) in [5.41, 5.74) is 1.27. The summed E-state index contributed by atoms with van der Waals surface area (Å²) in [4.78, 5) is 10.8. The molecule has 0 aliphatic heterocycles. The Balaban J connectivity index is 2.39. The predicted octanol–water partition coefficient (Wildman–Crippen LogP) is 2.70. The molecular formula is C10H11IO2S. The molecule has 76 valence electrons. The minimum absolute atomic E-state index is 0.166. The largest absolute Gasteiger partial charge is 0.468 e. The van der Waals surface area contributed by atoms with Crippen LogP contribution in [0.3, 0.4) is 0 Å². The maximum absolute atomic E-state index is 10.8. The first-order chi connectivity index (χ1) is 6.74. The van der Waals surface area contributed by atoms with Crippen LogP contribution in [0, 0.1) is 3.57 Å². The molecule has 0 atom stereocenters. The van der Waals surface area contributed by atoms with Gasteiger partial charge in [-0.1, -0.05) is 18.2 Å². The van der Waals surface area contributed by atoms with Crippen LogP contribution in [0.2, 0.25) is 0 Å². The van der Waals surface area contributed by atoms with Gasteiger partial charge in [0.25, 0.3) is 0 Å². The fraction of sp³-hybridized carbons (Fsp3) is 0.300. The lowest BCUT2D eigenvalue weighted by Crippen LogP contribution is -2.03. The van der Waals surface area contributed by atoms with E-state index in [-0.39, 0.29) is 5.97 Å². The van der Waals surface area contributed by atoms with Crippen molar-refractivity contribution in [1.29, 1.82) is 0 Å². The summed E-state index contributed by atoms with van der Waals surface area (Å²) in [7, 11) is 1.41. The van der Waals surface area contributed by atoms with Crippen molar-refractivity contribution in [2.24, 2.45) is 0 Å². The average Bonchev–Trinajstić information content (AvgIpc) is 2.20. The number of rotatable bonds is 4. The highest BCUT2D eigenvalue weighted by Crippen LogP contribution is 2.17. The van der Waals surface area contributed by atoms with Gasteiger partial charge in [-0.3, -0.25) is 4.79 Å². The Hall–Kier alpha value is -0.230. The second-order valence-corrected chi connectivity index (χ2v) is 4.81. The van der Waals surface area contributed by atoms with Crippen molar-refractivity contribution in [3.05, 3.63) is 33.4 Å². The molecule has 0 spiro atoms. The topological polar surface area (TPSA) is 26.3 Å². The van der Waals surface area contributed by atoms with E-state index in [0.717, 1.165) is 5.75 Å². The number of methoxy groups -OCH3 is 1. The second-order valence-electron chi connectivity index (χ2n) is 2.66. The van der Waals surface area contributed by atoms with Crippen LogP contribution in [0.25, 0.3) is 0 Å². The number of halogens is 1. The first-order valence-electron chi connectivity index (χ1n) is 4.12. The van der Waals surface area contributed by atoms with Gasteiger partial charge in [-0.05, 0) is 34.2 Å². The summed E-state index contributed by atoms with van der Waals surface area (Å²) in [6.45, 7) is 0. The molecule has 2 nitrogen and oxygen atoms in total. The van der Waals surface area contributed by atoms with Crippen molar-refractivity contribution in [2.45, 2.75) is 5.75 Å². The van der Waals surface area contributed by atoms with Crippen LogP contribution in [0.1, 0.15) is 5.56 Å². The summed E-state index contributed by atoms with van der Waals surface area (Å²) < 4.78 is 5.80.